The Hall–Kier alpha value is -1.70. The Bertz CT molecular complexity index is 656. The highest BCUT2D eigenvalue weighted by Gasteiger charge is 2.21. The summed E-state index contributed by atoms with van der Waals surface area (Å²) < 4.78 is 2.06. The lowest BCUT2D eigenvalue weighted by molar-refractivity contribution is 0.0704. The number of hydrogen-bond acceptors (Lipinski definition) is 5. The molecule has 0 saturated heterocycles. The number of hydrogen-bond donors (Lipinski definition) is 2. The smallest absolute Gasteiger partial charge is 0.274 e. The number of amides is 1. The second-order valence-electron chi connectivity index (χ2n) is 5.70. The van der Waals surface area contributed by atoms with Crippen molar-refractivity contribution in [3.8, 4) is 0 Å². The third-order valence-corrected chi connectivity index (χ3v) is 4.92. The average Bonchev–Trinajstić information content (AvgIpc) is 3.06. The van der Waals surface area contributed by atoms with Crippen LogP contribution in [0.25, 0.3) is 0 Å². The standard InChI is InChI=1S/C16H22N4O2S/c1-12-2-3-13(23-12)10-20(8-9-21)16(22)14-11-19-7-6-17-5-4-15(19)18-14/h2-3,11,17,21H,4-10H2,1H3. The minimum Gasteiger partial charge on any atom is -0.395 e. The molecule has 0 aliphatic carbocycles. The first-order valence-corrected chi connectivity index (χ1v) is 8.71. The van der Waals surface area contributed by atoms with Gasteiger partial charge in [0, 0.05) is 48.6 Å². The summed E-state index contributed by atoms with van der Waals surface area (Å²) in [7, 11) is 0. The molecule has 2 aromatic rings. The van der Waals surface area contributed by atoms with E-state index in [0.29, 0.717) is 18.8 Å². The van der Waals surface area contributed by atoms with E-state index in [4.69, 9.17) is 0 Å². The summed E-state index contributed by atoms with van der Waals surface area (Å²) in [5.41, 5.74) is 0.476. The van der Waals surface area contributed by atoms with Gasteiger partial charge < -0.3 is 19.9 Å². The Kier molecular flexibility index (Phi) is 5.09. The maximum Gasteiger partial charge on any atom is 0.274 e. The molecule has 2 N–H and O–H groups in total. The van der Waals surface area contributed by atoms with Crippen molar-refractivity contribution in [1.82, 2.24) is 19.8 Å². The van der Waals surface area contributed by atoms with Gasteiger partial charge in [0.25, 0.3) is 5.91 Å². The highest BCUT2D eigenvalue weighted by Crippen LogP contribution is 2.18. The van der Waals surface area contributed by atoms with Gasteiger partial charge in [0.2, 0.25) is 0 Å². The number of aryl methyl sites for hydroxylation is 1. The number of aliphatic hydroxyl groups excluding tert-OH is 1. The summed E-state index contributed by atoms with van der Waals surface area (Å²) in [6.45, 7) is 5.45. The van der Waals surface area contributed by atoms with Crippen molar-refractivity contribution in [1.29, 1.82) is 0 Å². The predicted octanol–water partition coefficient (Wildman–Crippen LogP) is 1.03. The Morgan fingerprint density at radius 2 is 2.35 bits per heavy atom. The number of imidazole rings is 1. The summed E-state index contributed by atoms with van der Waals surface area (Å²) in [5.74, 6) is 0.841. The van der Waals surface area contributed by atoms with E-state index >= 15 is 0 Å². The molecule has 7 heteroatoms. The minimum atomic E-state index is -0.112. The summed E-state index contributed by atoms with van der Waals surface area (Å²) in [6, 6.07) is 4.08. The number of nitrogens with one attached hydrogen (secondary N) is 1. The van der Waals surface area contributed by atoms with Crippen molar-refractivity contribution in [2.75, 3.05) is 26.2 Å². The van der Waals surface area contributed by atoms with Crippen LogP contribution in [0.3, 0.4) is 0 Å². The molecule has 1 aliphatic rings. The van der Waals surface area contributed by atoms with E-state index in [2.05, 4.69) is 14.9 Å². The molecule has 0 spiro atoms. The molecule has 124 valence electrons. The molecule has 23 heavy (non-hydrogen) atoms. The summed E-state index contributed by atoms with van der Waals surface area (Å²) in [4.78, 5) is 21.3. The van der Waals surface area contributed by atoms with Gasteiger partial charge in [0.1, 0.15) is 11.5 Å². The van der Waals surface area contributed by atoms with Gasteiger partial charge in [-0.25, -0.2) is 4.98 Å². The molecule has 0 radical (unpaired) electrons. The second kappa shape index (κ2) is 7.25. The second-order valence-corrected chi connectivity index (χ2v) is 7.07. The van der Waals surface area contributed by atoms with Crippen molar-refractivity contribution in [2.24, 2.45) is 0 Å². The summed E-state index contributed by atoms with van der Waals surface area (Å²) >= 11 is 1.68. The molecule has 1 aliphatic heterocycles. The van der Waals surface area contributed by atoms with Crippen molar-refractivity contribution in [3.05, 3.63) is 39.6 Å². The van der Waals surface area contributed by atoms with E-state index in [1.807, 2.05) is 25.3 Å². The molecule has 0 fully saturated rings. The van der Waals surface area contributed by atoms with Crippen LogP contribution in [0, 0.1) is 6.92 Å². The number of carbonyl (C=O) groups excluding carboxylic acids is 1. The molecule has 6 nitrogen and oxygen atoms in total. The Labute approximate surface area is 139 Å². The lowest BCUT2D eigenvalue weighted by Gasteiger charge is -2.20. The maximum absolute atomic E-state index is 12.8. The predicted molar refractivity (Wildman–Crippen MR) is 89.7 cm³/mol. The zero-order valence-electron chi connectivity index (χ0n) is 13.3. The molecule has 3 heterocycles. The van der Waals surface area contributed by atoms with Gasteiger partial charge in [-0.3, -0.25) is 4.79 Å². The lowest BCUT2D eigenvalue weighted by Crippen LogP contribution is -2.33. The topological polar surface area (TPSA) is 70.4 Å². The fourth-order valence-corrected chi connectivity index (χ4v) is 3.67. The third kappa shape index (κ3) is 3.80. The number of rotatable bonds is 5. The van der Waals surface area contributed by atoms with Crippen LogP contribution < -0.4 is 5.32 Å². The van der Waals surface area contributed by atoms with Gasteiger partial charge in [-0.15, -0.1) is 11.3 Å². The molecule has 2 aromatic heterocycles. The molecule has 0 atom stereocenters. The fourth-order valence-electron chi connectivity index (χ4n) is 2.77. The van der Waals surface area contributed by atoms with Gasteiger partial charge in [-0.1, -0.05) is 0 Å². The van der Waals surface area contributed by atoms with Crippen LogP contribution in [0.2, 0.25) is 0 Å². The molecular weight excluding hydrogens is 312 g/mol. The van der Waals surface area contributed by atoms with E-state index < -0.39 is 0 Å². The molecule has 0 aromatic carbocycles. The molecule has 0 bridgehead atoms. The van der Waals surface area contributed by atoms with Crippen molar-refractivity contribution < 1.29 is 9.90 Å². The highest BCUT2D eigenvalue weighted by molar-refractivity contribution is 7.11. The normalized spacial score (nSPS) is 14.3. The number of fused-ring (bicyclic) bond motifs is 1. The van der Waals surface area contributed by atoms with Crippen LogP contribution in [0.1, 0.15) is 26.1 Å². The summed E-state index contributed by atoms with van der Waals surface area (Å²) in [6.07, 6.45) is 2.67. The number of nitrogens with zero attached hydrogens (tertiary/aromatic N) is 3. The zero-order chi connectivity index (χ0) is 16.2. The quantitative estimate of drug-likeness (QED) is 0.857. The van der Waals surface area contributed by atoms with Crippen molar-refractivity contribution in [2.45, 2.75) is 26.4 Å². The van der Waals surface area contributed by atoms with Crippen LogP contribution >= 0.6 is 11.3 Å². The first-order chi connectivity index (χ1) is 11.2. The van der Waals surface area contributed by atoms with Crippen LogP contribution in [0.15, 0.2) is 18.3 Å². The fraction of sp³-hybridized carbons (Fsp3) is 0.500. The van der Waals surface area contributed by atoms with Gasteiger partial charge in [-0.05, 0) is 19.1 Å². The Morgan fingerprint density at radius 1 is 1.48 bits per heavy atom. The lowest BCUT2D eigenvalue weighted by atomic mass is 10.3. The minimum absolute atomic E-state index is 0.0480. The Morgan fingerprint density at radius 3 is 3.09 bits per heavy atom. The van der Waals surface area contributed by atoms with Crippen LogP contribution in [-0.4, -0.2) is 51.7 Å². The SMILES string of the molecule is Cc1ccc(CN(CCO)C(=O)c2cn3c(n2)CCNCC3)s1. The van der Waals surface area contributed by atoms with Crippen molar-refractivity contribution >= 4 is 17.2 Å². The van der Waals surface area contributed by atoms with Gasteiger partial charge in [-0.2, -0.15) is 0 Å². The monoisotopic (exact) mass is 334 g/mol. The van der Waals surface area contributed by atoms with Crippen LogP contribution in [0.4, 0.5) is 0 Å². The zero-order valence-corrected chi connectivity index (χ0v) is 14.1. The van der Waals surface area contributed by atoms with E-state index in [1.54, 1.807) is 16.2 Å². The Balaban J connectivity index is 1.77. The average molecular weight is 334 g/mol. The largest absolute Gasteiger partial charge is 0.395 e. The highest BCUT2D eigenvalue weighted by atomic mass is 32.1. The summed E-state index contributed by atoms with van der Waals surface area (Å²) in [5, 5.41) is 12.6. The van der Waals surface area contributed by atoms with Crippen LogP contribution in [-0.2, 0) is 19.5 Å². The molecular formula is C16H22N4O2S. The molecule has 0 unspecified atom stereocenters. The first-order valence-electron chi connectivity index (χ1n) is 7.89. The molecule has 0 saturated carbocycles. The van der Waals surface area contributed by atoms with E-state index in [9.17, 15) is 9.90 Å². The van der Waals surface area contributed by atoms with E-state index in [0.717, 1.165) is 36.8 Å². The number of aliphatic hydroxyl groups is 1. The van der Waals surface area contributed by atoms with Crippen molar-refractivity contribution in [3.63, 3.8) is 0 Å². The van der Waals surface area contributed by atoms with Crippen LogP contribution in [0.5, 0.6) is 0 Å². The number of thiophene rings is 1. The number of carbonyl (C=O) groups is 1. The van der Waals surface area contributed by atoms with Gasteiger partial charge in [0.15, 0.2) is 0 Å². The molecule has 1 amide bonds. The number of aromatic nitrogens is 2. The first kappa shape index (κ1) is 16.2. The van der Waals surface area contributed by atoms with E-state index in [-0.39, 0.29) is 12.5 Å². The van der Waals surface area contributed by atoms with E-state index in [1.165, 1.54) is 4.88 Å². The third-order valence-electron chi connectivity index (χ3n) is 3.93. The van der Waals surface area contributed by atoms with Gasteiger partial charge in [0.05, 0.1) is 13.2 Å². The maximum atomic E-state index is 12.8. The van der Waals surface area contributed by atoms with Gasteiger partial charge >= 0.3 is 0 Å². The molecule has 3 rings (SSSR count).